The van der Waals surface area contributed by atoms with Crippen LogP contribution < -0.4 is 11.1 Å². The molecule has 17 heteroatoms. The summed E-state index contributed by atoms with van der Waals surface area (Å²) in [5, 5.41) is 13.7. The van der Waals surface area contributed by atoms with E-state index in [0.29, 0.717) is 29.0 Å². The minimum atomic E-state index is -4.71. The van der Waals surface area contributed by atoms with Crippen molar-refractivity contribution in [3.63, 3.8) is 0 Å². The summed E-state index contributed by atoms with van der Waals surface area (Å²) in [6, 6.07) is 7.12. The van der Waals surface area contributed by atoms with Gasteiger partial charge in [-0.05, 0) is 31.7 Å². The molecule has 58 heavy (non-hydrogen) atoms. The quantitative estimate of drug-likeness (QED) is 0.0283. The first-order chi connectivity index (χ1) is 28.0. The van der Waals surface area contributed by atoms with E-state index in [1.807, 2.05) is 6.07 Å². The first-order valence-corrected chi connectivity index (χ1v) is 22.5. The molecule has 0 aliphatic carbocycles. The molecule has 2 unspecified atom stereocenters. The highest BCUT2D eigenvalue weighted by molar-refractivity contribution is 7.47. The number of ether oxygens (including phenoxy) is 3. The fourth-order valence-electron chi connectivity index (χ4n) is 7.08. The highest BCUT2D eigenvalue weighted by Gasteiger charge is 2.56. The summed E-state index contributed by atoms with van der Waals surface area (Å²) in [6.45, 7) is 11.8. The van der Waals surface area contributed by atoms with Crippen molar-refractivity contribution < 1.29 is 42.2 Å². The standard InChI is InChI=1S/C41H65FN7O8P/c1-5-6-7-8-12-15-20-25-53-26-21-16-13-10-9-11-14-17-23-32(54-27-31-22-18-19-24-33(31)44-3)28-55-58(51,52)56-29-34-36(50)41(2,42)39(57-34)49-30-46-35-37(45-4)47-40(43)48-38(35)49/h18-19,22,24,30,32,34,36,39,50H,5-17,20-21,23,25-29H2,1-2,4H3,(H,51,52)(H3,43,45,47,48)/t32-,34-,36?,39-,41-/m1/s1. The molecule has 0 saturated carbocycles. The Morgan fingerprint density at radius 2 is 1.66 bits per heavy atom. The summed E-state index contributed by atoms with van der Waals surface area (Å²) in [4.78, 5) is 26.7. The van der Waals surface area contributed by atoms with E-state index in [9.17, 15) is 14.6 Å². The van der Waals surface area contributed by atoms with E-state index in [2.05, 4.69) is 32.0 Å². The first kappa shape index (κ1) is 47.4. The molecule has 4 rings (SSSR count). The monoisotopic (exact) mass is 833 g/mol. The van der Waals surface area contributed by atoms with Gasteiger partial charge in [-0.2, -0.15) is 9.97 Å². The average Bonchev–Trinajstić information content (AvgIpc) is 3.73. The van der Waals surface area contributed by atoms with Gasteiger partial charge >= 0.3 is 7.82 Å². The number of hydrogen-bond donors (Lipinski definition) is 4. The smallest absolute Gasteiger partial charge is 0.387 e. The van der Waals surface area contributed by atoms with Crippen LogP contribution in [0.4, 0.5) is 21.8 Å². The van der Waals surface area contributed by atoms with Gasteiger partial charge < -0.3 is 35.3 Å². The summed E-state index contributed by atoms with van der Waals surface area (Å²) < 4.78 is 58.8. The molecule has 324 valence electrons. The van der Waals surface area contributed by atoms with Crippen LogP contribution in [0.2, 0.25) is 0 Å². The number of benzene rings is 1. The molecule has 1 aliphatic rings. The van der Waals surface area contributed by atoms with Gasteiger partial charge in [-0.3, -0.25) is 13.6 Å². The molecular weight excluding hydrogens is 768 g/mol. The number of aliphatic hydroxyl groups excluding tert-OH is 1. The number of halogens is 1. The van der Waals surface area contributed by atoms with Crippen LogP contribution >= 0.6 is 7.82 Å². The summed E-state index contributed by atoms with van der Waals surface area (Å²) in [7, 11) is -3.08. The third-order valence-electron chi connectivity index (χ3n) is 10.5. The molecule has 3 aromatic rings. The Morgan fingerprint density at radius 1 is 1.02 bits per heavy atom. The number of nitrogens with one attached hydrogen (secondary N) is 1. The van der Waals surface area contributed by atoms with E-state index in [-0.39, 0.29) is 24.8 Å². The van der Waals surface area contributed by atoms with Gasteiger partial charge in [0.15, 0.2) is 34.6 Å². The van der Waals surface area contributed by atoms with Crippen LogP contribution in [-0.4, -0.2) is 87.0 Å². The number of imidazole rings is 1. The Hall–Kier alpha value is -3.26. The number of alkyl halides is 1. The lowest BCUT2D eigenvalue weighted by Crippen LogP contribution is -2.40. The van der Waals surface area contributed by atoms with E-state index >= 15 is 4.39 Å². The molecule has 0 radical (unpaired) electrons. The first-order valence-electron chi connectivity index (χ1n) is 21.0. The van der Waals surface area contributed by atoms with Gasteiger partial charge in [0.1, 0.15) is 12.2 Å². The van der Waals surface area contributed by atoms with Crippen molar-refractivity contribution in [1.82, 2.24) is 19.5 Å². The number of para-hydroxylation sites is 1. The second-order valence-corrected chi connectivity index (χ2v) is 16.7. The van der Waals surface area contributed by atoms with E-state index in [0.717, 1.165) is 58.7 Å². The predicted octanol–water partition coefficient (Wildman–Crippen LogP) is 8.98. The van der Waals surface area contributed by atoms with Crippen LogP contribution in [0.15, 0.2) is 30.6 Å². The Balaban J connectivity index is 1.19. The Bertz CT molecular complexity index is 1740. The van der Waals surface area contributed by atoms with Crippen molar-refractivity contribution in [1.29, 1.82) is 0 Å². The van der Waals surface area contributed by atoms with Crippen molar-refractivity contribution in [3.8, 4) is 0 Å². The lowest BCUT2D eigenvalue weighted by Gasteiger charge is -2.24. The van der Waals surface area contributed by atoms with Gasteiger partial charge in [0.2, 0.25) is 5.95 Å². The van der Waals surface area contributed by atoms with Gasteiger partial charge in [-0.15, -0.1) is 0 Å². The lowest BCUT2D eigenvalue weighted by molar-refractivity contribution is -0.0585. The molecule has 1 aliphatic heterocycles. The van der Waals surface area contributed by atoms with Crippen molar-refractivity contribution in [2.45, 2.75) is 153 Å². The maximum absolute atomic E-state index is 16.0. The van der Waals surface area contributed by atoms with E-state index in [1.165, 1.54) is 68.7 Å². The highest BCUT2D eigenvalue weighted by atomic mass is 31.2. The Kier molecular flexibility index (Phi) is 20.2. The number of anilines is 2. The second-order valence-electron chi connectivity index (χ2n) is 15.2. The largest absolute Gasteiger partial charge is 0.472 e. The number of phosphoric ester groups is 1. The van der Waals surface area contributed by atoms with Crippen molar-refractivity contribution in [3.05, 3.63) is 47.6 Å². The molecule has 6 atom stereocenters. The average molecular weight is 834 g/mol. The molecule has 5 N–H and O–H groups in total. The van der Waals surface area contributed by atoms with Crippen molar-refractivity contribution in [2.75, 3.05) is 44.5 Å². The van der Waals surface area contributed by atoms with Gasteiger partial charge in [0.25, 0.3) is 0 Å². The molecule has 3 heterocycles. The molecule has 1 saturated heterocycles. The zero-order valence-corrected chi connectivity index (χ0v) is 35.4. The fourth-order valence-corrected chi connectivity index (χ4v) is 7.84. The van der Waals surface area contributed by atoms with Crippen LogP contribution in [0.1, 0.15) is 128 Å². The Morgan fingerprint density at radius 3 is 2.31 bits per heavy atom. The molecular formula is C41H65FN7O8P. The number of rotatable bonds is 30. The normalized spacial score (nSPS) is 20.9. The third-order valence-corrected chi connectivity index (χ3v) is 11.5. The molecule has 0 spiro atoms. The van der Waals surface area contributed by atoms with Crippen LogP contribution in [0.5, 0.6) is 0 Å². The van der Waals surface area contributed by atoms with Crippen LogP contribution in [0.25, 0.3) is 16.0 Å². The van der Waals surface area contributed by atoms with E-state index < -0.39 is 44.6 Å². The predicted molar refractivity (Wildman–Crippen MR) is 222 cm³/mol. The number of aliphatic hydroxyl groups is 1. The summed E-state index contributed by atoms with van der Waals surface area (Å²) in [6.07, 6.45) is 14.4. The lowest BCUT2D eigenvalue weighted by atomic mass is 9.98. The number of aromatic nitrogens is 4. The molecule has 1 fully saturated rings. The van der Waals surface area contributed by atoms with Gasteiger partial charge in [0.05, 0.1) is 38.8 Å². The molecule has 1 aromatic carbocycles. The summed E-state index contributed by atoms with van der Waals surface area (Å²) in [5.41, 5.74) is 5.12. The molecule has 2 aromatic heterocycles. The number of hydrogen-bond acceptors (Lipinski definition) is 12. The van der Waals surface area contributed by atoms with Crippen LogP contribution in [0.3, 0.4) is 0 Å². The second kappa shape index (κ2) is 24.7. The maximum atomic E-state index is 16.0. The van der Waals surface area contributed by atoms with Crippen LogP contribution in [-0.2, 0) is 34.4 Å². The highest BCUT2D eigenvalue weighted by Crippen LogP contribution is 2.47. The van der Waals surface area contributed by atoms with Gasteiger partial charge in [0, 0.05) is 20.3 Å². The number of nitrogens with two attached hydrogens (primary N) is 1. The van der Waals surface area contributed by atoms with E-state index in [4.69, 9.17) is 35.6 Å². The molecule has 15 nitrogen and oxygen atoms in total. The fraction of sp³-hybridized carbons (Fsp3) is 0.707. The number of phosphoric acid groups is 1. The minimum Gasteiger partial charge on any atom is -0.387 e. The summed E-state index contributed by atoms with van der Waals surface area (Å²) >= 11 is 0. The van der Waals surface area contributed by atoms with Crippen LogP contribution in [0, 0.1) is 6.57 Å². The van der Waals surface area contributed by atoms with Crippen molar-refractivity contribution >= 4 is 36.4 Å². The third kappa shape index (κ3) is 14.8. The molecule has 0 bridgehead atoms. The SMILES string of the molecule is [C-]#[N+]c1ccccc1CO[C@H](CCCCCCCCCCOCCCCCCCCC)COP(=O)(O)OC[C@H]1O[C@@H](n2cnc3c(NC)nc(N)nc32)[C@](C)(F)C1O. The van der Waals surface area contributed by atoms with Gasteiger partial charge in [-0.25, -0.2) is 18.8 Å². The van der Waals surface area contributed by atoms with Gasteiger partial charge in [-0.1, -0.05) is 115 Å². The zero-order valence-electron chi connectivity index (χ0n) is 34.5. The topological polar surface area (TPSA) is 190 Å². The minimum absolute atomic E-state index is 0.0784. The van der Waals surface area contributed by atoms with Crippen molar-refractivity contribution in [2.24, 2.45) is 0 Å². The Labute approximate surface area is 343 Å². The number of fused-ring (bicyclic) bond motifs is 1. The van der Waals surface area contributed by atoms with E-state index in [1.54, 1.807) is 25.2 Å². The zero-order chi connectivity index (χ0) is 41.8. The number of nitrogens with zero attached hydrogens (tertiary/aromatic N) is 5. The number of nitrogen functional groups attached to an aromatic ring is 1. The molecule has 0 amide bonds. The summed E-state index contributed by atoms with van der Waals surface area (Å²) in [5.74, 6) is 0.248. The number of unbranched alkanes of at least 4 members (excludes halogenated alkanes) is 13. The maximum Gasteiger partial charge on any atom is 0.472 e.